The van der Waals surface area contributed by atoms with Crippen molar-refractivity contribution in [1.82, 2.24) is 14.7 Å². The summed E-state index contributed by atoms with van der Waals surface area (Å²) in [5.74, 6) is 0. The number of epoxide rings is 1. The molecule has 0 amide bonds. The lowest BCUT2D eigenvalue weighted by Crippen LogP contribution is -2.48. The maximum absolute atomic E-state index is 5.26. The maximum Gasteiger partial charge on any atom is 0.0936 e. The predicted molar refractivity (Wildman–Crippen MR) is 61.2 cm³/mol. The lowest BCUT2D eigenvalue weighted by atomic mass is 10.3. The van der Waals surface area contributed by atoms with E-state index >= 15 is 0 Å². The molecular weight excluding hydrogens is 190 g/mol. The number of piperazine rings is 1. The summed E-state index contributed by atoms with van der Waals surface area (Å²) in [5, 5.41) is 0. The first-order valence-electron chi connectivity index (χ1n) is 5.95. The van der Waals surface area contributed by atoms with Gasteiger partial charge in [-0.25, -0.2) is 0 Å². The van der Waals surface area contributed by atoms with Gasteiger partial charge in [0.1, 0.15) is 0 Å². The maximum atomic E-state index is 5.26. The van der Waals surface area contributed by atoms with Crippen molar-refractivity contribution in [1.29, 1.82) is 0 Å². The van der Waals surface area contributed by atoms with Gasteiger partial charge in [-0.3, -0.25) is 9.80 Å². The van der Waals surface area contributed by atoms with Crippen LogP contribution in [-0.4, -0.2) is 87.3 Å². The smallest absolute Gasteiger partial charge is 0.0936 e. The van der Waals surface area contributed by atoms with Crippen LogP contribution in [0.5, 0.6) is 0 Å². The van der Waals surface area contributed by atoms with Crippen LogP contribution in [0.2, 0.25) is 0 Å². The Bertz CT molecular complexity index is 186. The number of likely N-dealkylation sites (N-methyl/N-ethyl adjacent to an activating group) is 1. The number of hydrogen-bond acceptors (Lipinski definition) is 4. The van der Waals surface area contributed by atoms with E-state index in [0.29, 0.717) is 6.10 Å². The molecule has 0 saturated carbocycles. The highest BCUT2D eigenvalue weighted by Gasteiger charge is 2.27. The van der Waals surface area contributed by atoms with E-state index in [1.165, 1.54) is 39.3 Å². The average molecular weight is 213 g/mol. The van der Waals surface area contributed by atoms with Crippen molar-refractivity contribution in [3.05, 3.63) is 0 Å². The summed E-state index contributed by atoms with van der Waals surface area (Å²) in [5.41, 5.74) is 0. The first-order chi connectivity index (χ1) is 7.24. The fourth-order valence-corrected chi connectivity index (χ4v) is 2.00. The van der Waals surface area contributed by atoms with Gasteiger partial charge in [0.15, 0.2) is 0 Å². The van der Waals surface area contributed by atoms with Crippen molar-refractivity contribution >= 4 is 0 Å². The summed E-state index contributed by atoms with van der Waals surface area (Å²) in [6, 6.07) is 0. The lowest BCUT2D eigenvalue weighted by molar-refractivity contribution is 0.119. The molecular formula is C11H23N3O. The molecule has 2 aliphatic rings. The number of rotatable bonds is 5. The normalized spacial score (nSPS) is 28.6. The summed E-state index contributed by atoms with van der Waals surface area (Å²) in [6.07, 6.45) is 0.554. The summed E-state index contributed by atoms with van der Waals surface area (Å²) in [6.45, 7) is 9.40. The molecule has 2 heterocycles. The van der Waals surface area contributed by atoms with Gasteiger partial charge in [0.25, 0.3) is 0 Å². The van der Waals surface area contributed by atoms with E-state index in [4.69, 9.17) is 4.74 Å². The molecule has 0 aromatic rings. The molecule has 0 N–H and O–H groups in total. The molecule has 0 bridgehead atoms. The largest absolute Gasteiger partial charge is 0.372 e. The summed E-state index contributed by atoms with van der Waals surface area (Å²) >= 11 is 0. The van der Waals surface area contributed by atoms with Crippen molar-refractivity contribution in [3.63, 3.8) is 0 Å². The van der Waals surface area contributed by atoms with Crippen LogP contribution in [-0.2, 0) is 4.74 Å². The Labute approximate surface area is 92.8 Å². The fourth-order valence-electron chi connectivity index (χ4n) is 2.00. The van der Waals surface area contributed by atoms with E-state index in [1.54, 1.807) is 0 Å². The number of ether oxygens (including phenoxy) is 1. The molecule has 2 rings (SSSR count). The molecule has 0 aromatic carbocycles. The molecule has 0 aromatic heterocycles. The first-order valence-corrected chi connectivity index (χ1v) is 5.95. The molecule has 0 spiro atoms. The highest BCUT2D eigenvalue weighted by molar-refractivity contribution is 4.79. The van der Waals surface area contributed by atoms with Crippen molar-refractivity contribution in [2.45, 2.75) is 6.10 Å². The molecule has 88 valence electrons. The Kier molecular flexibility index (Phi) is 3.97. The molecule has 0 aliphatic carbocycles. The van der Waals surface area contributed by atoms with E-state index in [9.17, 15) is 0 Å². The second-order valence-electron chi connectivity index (χ2n) is 4.90. The van der Waals surface area contributed by atoms with Crippen LogP contribution in [0.1, 0.15) is 0 Å². The van der Waals surface area contributed by atoms with Gasteiger partial charge in [-0.1, -0.05) is 0 Å². The van der Waals surface area contributed by atoms with Gasteiger partial charge < -0.3 is 9.64 Å². The van der Waals surface area contributed by atoms with Crippen LogP contribution in [0, 0.1) is 0 Å². The zero-order valence-electron chi connectivity index (χ0n) is 9.98. The van der Waals surface area contributed by atoms with Gasteiger partial charge >= 0.3 is 0 Å². The number of nitrogens with zero attached hydrogens (tertiary/aromatic N) is 3. The highest BCUT2D eigenvalue weighted by Crippen LogP contribution is 2.12. The minimum absolute atomic E-state index is 0.554. The average Bonchev–Trinajstić information content (AvgIpc) is 3.01. The SMILES string of the molecule is CN(C)CCN1CCN(CC2CO2)CC1. The van der Waals surface area contributed by atoms with Gasteiger partial charge in [0.2, 0.25) is 0 Å². The van der Waals surface area contributed by atoms with Gasteiger partial charge in [0, 0.05) is 45.8 Å². The standard InChI is InChI=1S/C11H23N3O/c1-12(2)3-4-13-5-7-14(8-6-13)9-11-10-15-11/h11H,3-10H2,1-2H3. The minimum Gasteiger partial charge on any atom is -0.372 e. The summed E-state index contributed by atoms with van der Waals surface area (Å²) < 4.78 is 5.26. The fraction of sp³-hybridized carbons (Fsp3) is 1.00. The Balaban J connectivity index is 1.58. The molecule has 2 fully saturated rings. The molecule has 2 aliphatic heterocycles. The van der Waals surface area contributed by atoms with Gasteiger partial charge in [-0.2, -0.15) is 0 Å². The monoisotopic (exact) mass is 213 g/mol. The second-order valence-corrected chi connectivity index (χ2v) is 4.90. The van der Waals surface area contributed by atoms with Crippen LogP contribution in [0.25, 0.3) is 0 Å². The molecule has 1 unspecified atom stereocenters. The summed E-state index contributed by atoms with van der Waals surface area (Å²) in [7, 11) is 4.28. The molecule has 1 atom stereocenters. The van der Waals surface area contributed by atoms with Crippen LogP contribution < -0.4 is 0 Å². The molecule has 0 radical (unpaired) electrons. The highest BCUT2D eigenvalue weighted by atomic mass is 16.6. The van der Waals surface area contributed by atoms with E-state index < -0.39 is 0 Å². The zero-order valence-corrected chi connectivity index (χ0v) is 9.98. The van der Waals surface area contributed by atoms with E-state index in [0.717, 1.165) is 13.2 Å². The third kappa shape index (κ3) is 4.07. The molecule has 15 heavy (non-hydrogen) atoms. The van der Waals surface area contributed by atoms with Crippen molar-refractivity contribution in [3.8, 4) is 0 Å². The lowest BCUT2D eigenvalue weighted by Gasteiger charge is -2.34. The van der Waals surface area contributed by atoms with Gasteiger partial charge in [-0.15, -0.1) is 0 Å². The first kappa shape index (κ1) is 11.3. The third-order valence-electron chi connectivity index (χ3n) is 3.19. The zero-order chi connectivity index (χ0) is 10.7. The van der Waals surface area contributed by atoms with Crippen molar-refractivity contribution < 1.29 is 4.74 Å². The Morgan fingerprint density at radius 3 is 2.27 bits per heavy atom. The topological polar surface area (TPSA) is 22.2 Å². The minimum atomic E-state index is 0.554. The van der Waals surface area contributed by atoms with Crippen LogP contribution in [0.15, 0.2) is 0 Å². The Morgan fingerprint density at radius 1 is 1.13 bits per heavy atom. The predicted octanol–water partition coefficient (Wildman–Crippen LogP) is -0.436. The van der Waals surface area contributed by atoms with E-state index in [2.05, 4.69) is 28.8 Å². The second kappa shape index (κ2) is 5.25. The van der Waals surface area contributed by atoms with Crippen LogP contribution >= 0.6 is 0 Å². The van der Waals surface area contributed by atoms with E-state index in [1.807, 2.05) is 0 Å². The Hall–Kier alpha value is -0.160. The van der Waals surface area contributed by atoms with Crippen LogP contribution in [0.4, 0.5) is 0 Å². The summed E-state index contributed by atoms with van der Waals surface area (Å²) in [4.78, 5) is 7.35. The van der Waals surface area contributed by atoms with Crippen LogP contribution in [0.3, 0.4) is 0 Å². The quantitative estimate of drug-likeness (QED) is 0.578. The molecule has 2 saturated heterocycles. The van der Waals surface area contributed by atoms with E-state index in [-0.39, 0.29) is 0 Å². The van der Waals surface area contributed by atoms with Gasteiger partial charge in [0.05, 0.1) is 12.7 Å². The van der Waals surface area contributed by atoms with Crippen molar-refractivity contribution in [2.24, 2.45) is 0 Å². The van der Waals surface area contributed by atoms with Crippen molar-refractivity contribution in [2.75, 3.05) is 66.5 Å². The Morgan fingerprint density at radius 2 is 1.73 bits per heavy atom. The van der Waals surface area contributed by atoms with Gasteiger partial charge in [-0.05, 0) is 14.1 Å². The third-order valence-corrected chi connectivity index (χ3v) is 3.19. The molecule has 4 heteroatoms. The number of hydrogen-bond donors (Lipinski definition) is 0. The molecule has 4 nitrogen and oxygen atoms in total.